The highest BCUT2D eigenvalue weighted by Crippen LogP contribution is 2.10. The Hall–Kier alpha value is -1.65. The summed E-state index contributed by atoms with van der Waals surface area (Å²) in [5, 5.41) is 11.3. The predicted octanol–water partition coefficient (Wildman–Crippen LogP) is 1.44. The maximum absolute atomic E-state index is 11.6. The number of hydrogen-bond donors (Lipinski definition) is 2. The Bertz CT molecular complexity index is 301. The number of aliphatic carboxylic acids is 1. The van der Waals surface area contributed by atoms with Crippen LogP contribution in [0.5, 0.6) is 0 Å². The highest BCUT2D eigenvalue weighted by atomic mass is 16.4. The van der Waals surface area contributed by atoms with E-state index in [4.69, 9.17) is 5.11 Å². The monoisotopic (exact) mass is 254 g/mol. The lowest BCUT2D eigenvalue weighted by Crippen LogP contribution is -2.41. The standard InChI is InChI=1S/C13H20NO4/c1-3-4-6-10(2)9-12(16)14-11(13(17)18)7-5-8-15/h3,10-11H,1,4-7,9H2,2H3,(H,14,16)(H,17,18)/t10-,11-/m0/s1. The van der Waals surface area contributed by atoms with Gasteiger partial charge in [-0.1, -0.05) is 13.0 Å². The third-order valence-corrected chi connectivity index (χ3v) is 2.57. The van der Waals surface area contributed by atoms with Gasteiger partial charge in [0.15, 0.2) is 6.29 Å². The number of allylic oxidation sites excluding steroid dienone is 1. The summed E-state index contributed by atoms with van der Waals surface area (Å²) in [6.07, 6.45) is 5.44. The maximum atomic E-state index is 11.6. The molecule has 5 heteroatoms. The van der Waals surface area contributed by atoms with E-state index in [2.05, 4.69) is 11.9 Å². The second kappa shape index (κ2) is 9.39. The number of hydrogen-bond acceptors (Lipinski definition) is 3. The van der Waals surface area contributed by atoms with Crippen LogP contribution < -0.4 is 5.32 Å². The van der Waals surface area contributed by atoms with Gasteiger partial charge in [0.25, 0.3) is 0 Å². The summed E-state index contributed by atoms with van der Waals surface area (Å²) in [7, 11) is 0. The molecule has 1 radical (unpaired) electrons. The van der Waals surface area contributed by atoms with Gasteiger partial charge in [0.2, 0.25) is 5.91 Å². The van der Waals surface area contributed by atoms with Crippen molar-refractivity contribution in [1.82, 2.24) is 5.32 Å². The third-order valence-electron chi connectivity index (χ3n) is 2.57. The van der Waals surface area contributed by atoms with Gasteiger partial charge in [-0.05, 0) is 25.2 Å². The van der Waals surface area contributed by atoms with E-state index in [1.807, 2.05) is 6.92 Å². The van der Waals surface area contributed by atoms with Gasteiger partial charge in [-0.2, -0.15) is 0 Å². The van der Waals surface area contributed by atoms with E-state index in [0.29, 0.717) is 0 Å². The summed E-state index contributed by atoms with van der Waals surface area (Å²) in [6.45, 7) is 5.53. The van der Waals surface area contributed by atoms with Crippen LogP contribution in [0.25, 0.3) is 0 Å². The Morgan fingerprint density at radius 1 is 1.44 bits per heavy atom. The molecule has 0 heterocycles. The summed E-state index contributed by atoms with van der Waals surface area (Å²) < 4.78 is 0. The number of carbonyl (C=O) groups excluding carboxylic acids is 2. The van der Waals surface area contributed by atoms with Gasteiger partial charge in [-0.25, -0.2) is 4.79 Å². The summed E-state index contributed by atoms with van der Waals surface area (Å²) in [5.41, 5.74) is 0. The number of amides is 1. The zero-order chi connectivity index (χ0) is 14.0. The second-order valence-corrected chi connectivity index (χ2v) is 4.32. The lowest BCUT2D eigenvalue weighted by atomic mass is 10.0. The van der Waals surface area contributed by atoms with E-state index < -0.39 is 12.0 Å². The van der Waals surface area contributed by atoms with Crippen molar-refractivity contribution in [2.24, 2.45) is 5.92 Å². The van der Waals surface area contributed by atoms with E-state index in [9.17, 15) is 14.4 Å². The Morgan fingerprint density at radius 3 is 2.61 bits per heavy atom. The molecule has 101 valence electrons. The molecule has 0 aromatic heterocycles. The Balaban J connectivity index is 4.11. The Kier molecular flexibility index (Phi) is 8.53. The van der Waals surface area contributed by atoms with Gasteiger partial charge < -0.3 is 10.4 Å². The fraction of sp³-hybridized carbons (Fsp3) is 0.615. The molecule has 0 unspecified atom stereocenters. The van der Waals surface area contributed by atoms with Gasteiger partial charge in [-0.3, -0.25) is 9.59 Å². The first-order chi connectivity index (χ1) is 8.51. The highest BCUT2D eigenvalue weighted by molar-refractivity contribution is 5.83. The minimum Gasteiger partial charge on any atom is -0.480 e. The normalized spacial score (nSPS) is 13.4. The van der Waals surface area contributed by atoms with Gasteiger partial charge in [0.05, 0.1) is 0 Å². The first-order valence-electron chi connectivity index (χ1n) is 5.99. The van der Waals surface area contributed by atoms with Crippen molar-refractivity contribution in [2.75, 3.05) is 0 Å². The van der Waals surface area contributed by atoms with Gasteiger partial charge >= 0.3 is 5.97 Å². The van der Waals surface area contributed by atoms with Crippen LogP contribution in [0.4, 0.5) is 0 Å². The average Bonchev–Trinajstić information content (AvgIpc) is 2.31. The molecule has 0 saturated carbocycles. The lowest BCUT2D eigenvalue weighted by molar-refractivity contribution is -0.142. The third kappa shape index (κ3) is 7.60. The smallest absolute Gasteiger partial charge is 0.326 e. The first-order valence-corrected chi connectivity index (χ1v) is 5.99. The molecule has 0 aromatic rings. The molecule has 0 spiro atoms. The average molecular weight is 254 g/mol. The number of carboxylic acids is 1. The predicted molar refractivity (Wildman–Crippen MR) is 67.7 cm³/mol. The minimum absolute atomic E-state index is 0.00324. The summed E-state index contributed by atoms with van der Waals surface area (Å²) in [4.78, 5) is 32.5. The van der Waals surface area contributed by atoms with E-state index in [-0.39, 0.29) is 31.1 Å². The quantitative estimate of drug-likeness (QED) is 0.578. The zero-order valence-electron chi connectivity index (χ0n) is 10.6. The van der Waals surface area contributed by atoms with Crippen molar-refractivity contribution in [2.45, 2.75) is 45.1 Å². The summed E-state index contributed by atoms with van der Waals surface area (Å²) in [6, 6.07) is -1.01. The molecule has 0 fully saturated rings. The molecule has 0 saturated heterocycles. The molecule has 0 aliphatic heterocycles. The number of rotatable bonds is 10. The van der Waals surface area contributed by atoms with Crippen LogP contribution in [-0.2, 0) is 14.4 Å². The molecule has 0 aliphatic carbocycles. The molecular weight excluding hydrogens is 234 g/mol. The van der Waals surface area contributed by atoms with Gasteiger partial charge in [0, 0.05) is 12.8 Å². The van der Waals surface area contributed by atoms with Crippen LogP contribution in [0.1, 0.15) is 39.0 Å². The zero-order valence-corrected chi connectivity index (χ0v) is 10.6. The van der Waals surface area contributed by atoms with Crippen molar-refractivity contribution in [3.8, 4) is 0 Å². The molecule has 1 amide bonds. The molecule has 5 nitrogen and oxygen atoms in total. The van der Waals surface area contributed by atoms with Crippen LogP contribution in [0.2, 0.25) is 0 Å². The van der Waals surface area contributed by atoms with Gasteiger partial charge in [-0.15, -0.1) is 6.58 Å². The molecule has 2 N–H and O–H groups in total. The number of carbonyl (C=O) groups is 2. The summed E-state index contributed by atoms with van der Waals surface area (Å²) in [5.74, 6) is -1.25. The SMILES string of the molecule is C=CCC[C@H](C)CC(=O)N[C@@H](CC[C]=O)C(=O)O. The van der Waals surface area contributed by atoms with E-state index in [1.54, 1.807) is 12.4 Å². The molecule has 18 heavy (non-hydrogen) atoms. The fourth-order valence-electron chi connectivity index (χ4n) is 1.53. The van der Waals surface area contributed by atoms with Crippen LogP contribution in [-0.4, -0.2) is 29.3 Å². The van der Waals surface area contributed by atoms with Crippen molar-refractivity contribution in [3.63, 3.8) is 0 Å². The Morgan fingerprint density at radius 2 is 2.11 bits per heavy atom. The van der Waals surface area contributed by atoms with Crippen molar-refractivity contribution in [3.05, 3.63) is 12.7 Å². The Labute approximate surface area is 107 Å². The molecule has 0 bridgehead atoms. The number of carboxylic acid groups (broad SMARTS) is 1. The topological polar surface area (TPSA) is 83.5 Å². The van der Waals surface area contributed by atoms with E-state index >= 15 is 0 Å². The summed E-state index contributed by atoms with van der Waals surface area (Å²) >= 11 is 0. The van der Waals surface area contributed by atoms with Crippen LogP contribution in [0.3, 0.4) is 0 Å². The second-order valence-electron chi connectivity index (χ2n) is 4.32. The van der Waals surface area contributed by atoms with E-state index in [0.717, 1.165) is 12.8 Å². The minimum atomic E-state index is -1.13. The van der Waals surface area contributed by atoms with Crippen LogP contribution in [0, 0.1) is 5.92 Å². The molecule has 0 aromatic carbocycles. The van der Waals surface area contributed by atoms with Crippen molar-refractivity contribution >= 4 is 18.2 Å². The molecular formula is C13H20NO4. The molecule has 0 rings (SSSR count). The molecule has 0 aliphatic rings. The largest absolute Gasteiger partial charge is 0.480 e. The first kappa shape index (κ1) is 16.4. The van der Waals surface area contributed by atoms with Crippen molar-refractivity contribution in [1.29, 1.82) is 0 Å². The fourth-order valence-corrected chi connectivity index (χ4v) is 1.53. The van der Waals surface area contributed by atoms with Crippen molar-refractivity contribution < 1.29 is 19.5 Å². The lowest BCUT2D eigenvalue weighted by Gasteiger charge is -2.15. The van der Waals surface area contributed by atoms with Gasteiger partial charge in [0.1, 0.15) is 6.04 Å². The van der Waals surface area contributed by atoms with E-state index in [1.165, 1.54) is 0 Å². The highest BCUT2D eigenvalue weighted by Gasteiger charge is 2.20. The van der Waals surface area contributed by atoms with Crippen LogP contribution >= 0.6 is 0 Å². The maximum Gasteiger partial charge on any atom is 0.326 e. The molecule has 2 atom stereocenters. The number of nitrogens with one attached hydrogen (secondary N) is 1. The van der Waals surface area contributed by atoms with Crippen LogP contribution in [0.15, 0.2) is 12.7 Å².